The first-order chi connectivity index (χ1) is 10.3. The maximum absolute atomic E-state index is 5.69. The summed E-state index contributed by atoms with van der Waals surface area (Å²) in [6.07, 6.45) is 0. The highest BCUT2D eigenvalue weighted by molar-refractivity contribution is 9.10. The molecule has 0 atom stereocenters. The Morgan fingerprint density at radius 1 is 0.905 bits per heavy atom. The number of hydrogen-bond acceptors (Lipinski definition) is 4. The lowest BCUT2D eigenvalue weighted by molar-refractivity contribution is 0.528. The summed E-state index contributed by atoms with van der Waals surface area (Å²) in [5, 5.41) is 8.19. The van der Waals surface area contributed by atoms with Crippen molar-refractivity contribution in [3.8, 4) is 11.5 Å². The SMILES string of the molecule is Brc1ccc(-c2nnc(CSCc3ccccc3)o2)cc1. The topological polar surface area (TPSA) is 38.9 Å². The van der Waals surface area contributed by atoms with Crippen LogP contribution in [0.1, 0.15) is 11.5 Å². The predicted molar refractivity (Wildman–Crippen MR) is 88.9 cm³/mol. The molecule has 3 aromatic rings. The van der Waals surface area contributed by atoms with Crippen LogP contribution in [0.2, 0.25) is 0 Å². The number of nitrogens with zero attached hydrogens (tertiary/aromatic N) is 2. The normalized spacial score (nSPS) is 10.7. The van der Waals surface area contributed by atoms with Crippen molar-refractivity contribution in [3.63, 3.8) is 0 Å². The molecule has 1 heterocycles. The molecule has 0 saturated carbocycles. The van der Waals surface area contributed by atoms with Gasteiger partial charge < -0.3 is 4.42 Å². The molecule has 3 rings (SSSR count). The Labute approximate surface area is 135 Å². The van der Waals surface area contributed by atoms with E-state index in [0.29, 0.717) is 11.8 Å². The fourth-order valence-corrected chi connectivity index (χ4v) is 2.94. The zero-order chi connectivity index (χ0) is 14.5. The van der Waals surface area contributed by atoms with E-state index < -0.39 is 0 Å². The Morgan fingerprint density at radius 3 is 2.43 bits per heavy atom. The van der Waals surface area contributed by atoms with E-state index in [-0.39, 0.29) is 0 Å². The summed E-state index contributed by atoms with van der Waals surface area (Å²) in [4.78, 5) is 0. The minimum absolute atomic E-state index is 0.567. The van der Waals surface area contributed by atoms with Crippen LogP contribution in [-0.2, 0) is 11.5 Å². The summed E-state index contributed by atoms with van der Waals surface area (Å²) >= 11 is 5.18. The fraction of sp³-hybridized carbons (Fsp3) is 0.125. The van der Waals surface area contributed by atoms with Crippen LogP contribution in [0.15, 0.2) is 63.5 Å². The van der Waals surface area contributed by atoms with Gasteiger partial charge in [-0.15, -0.1) is 22.0 Å². The number of thioether (sulfide) groups is 1. The largest absolute Gasteiger partial charge is 0.420 e. The van der Waals surface area contributed by atoms with Crippen molar-refractivity contribution in [1.29, 1.82) is 0 Å². The van der Waals surface area contributed by atoms with Gasteiger partial charge in [0, 0.05) is 15.8 Å². The lowest BCUT2D eigenvalue weighted by atomic mass is 10.2. The average molecular weight is 361 g/mol. The Morgan fingerprint density at radius 2 is 1.67 bits per heavy atom. The maximum Gasteiger partial charge on any atom is 0.247 e. The first-order valence-corrected chi connectivity index (χ1v) is 8.46. The Bertz CT molecular complexity index is 698. The molecule has 0 radical (unpaired) electrons. The van der Waals surface area contributed by atoms with Gasteiger partial charge in [-0.1, -0.05) is 46.3 Å². The third-order valence-electron chi connectivity index (χ3n) is 2.90. The molecule has 1 aromatic heterocycles. The molecule has 2 aromatic carbocycles. The highest BCUT2D eigenvalue weighted by Crippen LogP contribution is 2.23. The van der Waals surface area contributed by atoms with E-state index in [1.807, 2.05) is 42.5 Å². The van der Waals surface area contributed by atoms with Crippen molar-refractivity contribution in [2.75, 3.05) is 0 Å². The van der Waals surface area contributed by atoms with Gasteiger partial charge in [-0.05, 0) is 29.8 Å². The molecular weight excluding hydrogens is 348 g/mol. The van der Waals surface area contributed by atoms with Crippen LogP contribution >= 0.6 is 27.7 Å². The lowest BCUT2D eigenvalue weighted by Gasteiger charge is -1.98. The van der Waals surface area contributed by atoms with Gasteiger partial charge in [-0.25, -0.2) is 0 Å². The number of halogens is 1. The van der Waals surface area contributed by atoms with Crippen molar-refractivity contribution >= 4 is 27.7 Å². The number of rotatable bonds is 5. The molecule has 0 saturated heterocycles. The number of hydrogen-bond donors (Lipinski definition) is 0. The molecule has 0 amide bonds. The van der Waals surface area contributed by atoms with Crippen molar-refractivity contribution in [2.45, 2.75) is 11.5 Å². The van der Waals surface area contributed by atoms with Crippen molar-refractivity contribution in [3.05, 3.63) is 70.5 Å². The van der Waals surface area contributed by atoms with Crippen molar-refractivity contribution in [2.24, 2.45) is 0 Å². The van der Waals surface area contributed by atoms with Gasteiger partial charge in [-0.2, -0.15) is 0 Å². The quantitative estimate of drug-likeness (QED) is 0.646. The van der Waals surface area contributed by atoms with Crippen molar-refractivity contribution in [1.82, 2.24) is 10.2 Å². The molecular formula is C16H13BrN2OS. The minimum Gasteiger partial charge on any atom is -0.420 e. The molecule has 0 spiro atoms. The second kappa shape index (κ2) is 6.91. The van der Waals surface area contributed by atoms with Crippen LogP contribution < -0.4 is 0 Å². The van der Waals surface area contributed by atoms with Crippen LogP contribution in [0.3, 0.4) is 0 Å². The van der Waals surface area contributed by atoms with Gasteiger partial charge in [0.05, 0.1) is 5.75 Å². The zero-order valence-electron chi connectivity index (χ0n) is 11.2. The van der Waals surface area contributed by atoms with Crippen LogP contribution in [-0.4, -0.2) is 10.2 Å². The standard InChI is InChI=1S/C16H13BrN2OS/c17-14-8-6-13(7-9-14)16-19-18-15(20-16)11-21-10-12-4-2-1-3-5-12/h1-9H,10-11H2. The Balaban J connectivity index is 1.59. The van der Waals surface area contributed by atoms with Crippen LogP contribution in [0.4, 0.5) is 0 Å². The van der Waals surface area contributed by atoms with E-state index in [0.717, 1.165) is 21.5 Å². The first-order valence-electron chi connectivity index (χ1n) is 6.51. The predicted octanol–water partition coefficient (Wildman–Crippen LogP) is 4.93. The molecule has 0 unspecified atom stereocenters. The van der Waals surface area contributed by atoms with Crippen LogP contribution in [0.5, 0.6) is 0 Å². The van der Waals surface area contributed by atoms with Gasteiger partial charge >= 0.3 is 0 Å². The molecule has 3 nitrogen and oxygen atoms in total. The first kappa shape index (κ1) is 14.4. The van der Waals surface area contributed by atoms with E-state index in [4.69, 9.17) is 4.42 Å². The molecule has 5 heteroatoms. The fourth-order valence-electron chi connectivity index (χ4n) is 1.85. The third kappa shape index (κ3) is 3.95. The second-order valence-electron chi connectivity index (χ2n) is 4.49. The second-order valence-corrected chi connectivity index (χ2v) is 6.39. The molecule has 21 heavy (non-hydrogen) atoms. The Hall–Kier alpha value is -1.59. The smallest absolute Gasteiger partial charge is 0.247 e. The van der Waals surface area contributed by atoms with Gasteiger partial charge in [0.15, 0.2) is 0 Å². The molecule has 0 bridgehead atoms. The third-order valence-corrected chi connectivity index (χ3v) is 4.41. The summed E-state index contributed by atoms with van der Waals surface area (Å²) in [7, 11) is 0. The molecule has 0 aliphatic carbocycles. The molecule has 0 aliphatic rings. The van der Waals surface area contributed by atoms with E-state index in [1.54, 1.807) is 11.8 Å². The van der Waals surface area contributed by atoms with E-state index in [2.05, 4.69) is 38.3 Å². The van der Waals surface area contributed by atoms with Gasteiger partial charge in [0.2, 0.25) is 11.8 Å². The van der Waals surface area contributed by atoms with E-state index >= 15 is 0 Å². The molecule has 0 fully saturated rings. The number of benzene rings is 2. The molecule has 0 N–H and O–H groups in total. The lowest BCUT2D eigenvalue weighted by Crippen LogP contribution is -1.83. The Kier molecular flexibility index (Phi) is 4.72. The monoisotopic (exact) mass is 360 g/mol. The zero-order valence-corrected chi connectivity index (χ0v) is 13.6. The number of aromatic nitrogens is 2. The summed E-state index contributed by atoms with van der Waals surface area (Å²) < 4.78 is 6.72. The van der Waals surface area contributed by atoms with Gasteiger partial charge in [-0.3, -0.25) is 0 Å². The van der Waals surface area contributed by atoms with Crippen molar-refractivity contribution < 1.29 is 4.42 Å². The highest BCUT2D eigenvalue weighted by atomic mass is 79.9. The van der Waals surface area contributed by atoms with Gasteiger partial charge in [0.25, 0.3) is 0 Å². The maximum atomic E-state index is 5.69. The highest BCUT2D eigenvalue weighted by Gasteiger charge is 2.08. The van der Waals surface area contributed by atoms with E-state index in [1.165, 1.54) is 5.56 Å². The van der Waals surface area contributed by atoms with Gasteiger partial charge in [0.1, 0.15) is 0 Å². The summed E-state index contributed by atoms with van der Waals surface area (Å²) in [5.74, 6) is 2.89. The van der Waals surface area contributed by atoms with E-state index in [9.17, 15) is 0 Å². The minimum atomic E-state index is 0.567. The average Bonchev–Trinajstić information content (AvgIpc) is 2.98. The molecule has 106 valence electrons. The summed E-state index contributed by atoms with van der Waals surface area (Å²) in [6.45, 7) is 0. The van der Waals surface area contributed by atoms with Crippen LogP contribution in [0.25, 0.3) is 11.5 Å². The molecule has 0 aliphatic heterocycles. The van der Waals surface area contributed by atoms with Crippen LogP contribution in [0, 0.1) is 0 Å². The summed E-state index contributed by atoms with van der Waals surface area (Å²) in [5.41, 5.74) is 2.24. The summed E-state index contributed by atoms with van der Waals surface area (Å²) in [6, 6.07) is 18.2.